The van der Waals surface area contributed by atoms with Gasteiger partial charge in [0.2, 0.25) is 18.6 Å². The molecular weight excluding hydrogens is 542 g/mol. The number of hydrogen-bond donors (Lipinski definition) is 1. The molecule has 1 N–H and O–H groups in total. The van der Waals surface area contributed by atoms with E-state index in [-0.39, 0.29) is 25.3 Å². The molecule has 0 saturated carbocycles. The van der Waals surface area contributed by atoms with Crippen LogP contribution in [0.1, 0.15) is 24.4 Å². The maximum absolute atomic E-state index is 14.3. The Morgan fingerprint density at radius 2 is 1.88 bits per heavy atom. The van der Waals surface area contributed by atoms with Crippen LogP contribution in [0.2, 0.25) is 0 Å². The van der Waals surface area contributed by atoms with Gasteiger partial charge in [0.25, 0.3) is 0 Å². The minimum atomic E-state index is -1.09. The van der Waals surface area contributed by atoms with E-state index in [1.807, 2.05) is 24.3 Å². The predicted molar refractivity (Wildman–Crippen MR) is 152 cm³/mol. The Morgan fingerprint density at radius 1 is 1.05 bits per heavy atom. The Hall–Kier alpha value is -4.84. The number of hydrogen-bond acceptors (Lipinski definition) is 9. The van der Waals surface area contributed by atoms with Crippen molar-refractivity contribution in [2.24, 2.45) is 0 Å². The molecular formula is C30H31N5O7. The van der Waals surface area contributed by atoms with Crippen molar-refractivity contribution in [3.63, 3.8) is 0 Å². The molecule has 2 aliphatic rings. The van der Waals surface area contributed by atoms with Crippen molar-refractivity contribution >= 4 is 28.5 Å². The lowest BCUT2D eigenvalue weighted by molar-refractivity contribution is -0.127. The molecule has 12 nitrogen and oxygen atoms in total. The highest BCUT2D eigenvalue weighted by Crippen LogP contribution is 2.39. The molecule has 3 aromatic carbocycles. The SMILES string of the molecule is COc1ccc([C@H](C(=O)NC[C@H]2CCCO2)N(C(=O)Cn2nnc3ccccc32)c2ccc3c(c2)OCO3)cc1OC. The van der Waals surface area contributed by atoms with E-state index in [0.717, 1.165) is 12.8 Å². The summed E-state index contributed by atoms with van der Waals surface area (Å²) in [5.74, 6) is 1.17. The summed E-state index contributed by atoms with van der Waals surface area (Å²) >= 11 is 0. The molecule has 12 heteroatoms. The maximum Gasteiger partial charge on any atom is 0.249 e. The lowest BCUT2D eigenvalue weighted by Gasteiger charge is -2.32. The third-order valence-electron chi connectivity index (χ3n) is 7.37. The van der Waals surface area contributed by atoms with Crippen LogP contribution in [0.4, 0.5) is 5.69 Å². The van der Waals surface area contributed by atoms with Crippen LogP contribution in [-0.4, -0.2) is 67.1 Å². The molecule has 1 saturated heterocycles. The third-order valence-corrected chi connectivity index (χ3v) is 7.37. The van der Waals surface area contributed by atoms with Crippen LogP contribution in [0.3, 0.4) is 0 Å². The third kappa shape index (κ3) is 5.40. The summed E-state index contributed by atoms with van der Waals surface area (Å²) in [5, 5.41) is 11.4. The topological polar surface area (TPSA) is 126 Å². The van der Waals surface area contributed by atoms with Gasteiger partial charge in [0, 0.05) is 24.9 Å². The van der Waals surface area contributed by atoms with Gasteiger partial charge in [-0.25, -0.2) is 4.68 Å². The Bertz CT molecular complexity index is 1600. The largest absolute Gasteiger partial charge is 0.493 e. The Morgan fingerprint density at radius 3 is 2.69 bits per heavy atom. The number of nitrogens with zero attached hydrogens (tertiary/aromatic N) is 4. The zero-order chi connectivity index (χ0) is 29.1. The van der Waals surface area contributed by atoms with E-state index < -0.39 is 11.9 Å². The number of para-hydroxylation sites is 1. The highest BCUT2D eigenvalue weighted by Gasteiger charge is 2.35. The number of amides is 2. The van der Waals surface area contributed by atoms with Crippen LogP contribution in [0, 0.1) is 0 Å². The molecule has 42 heavy (non-hydrogen) atoms. The second kappa shape index (κ2) is 12.0. The first kappa shape index (κ1) is 27.3. The van der Waals surface area contributed by atoms with E-state index in [4.69, 9.17) is 23.7 Å². The number of methoxy groups -OCH3 is 2. The highest BCUT2D eigenvalue weighted by atomic mass is 16.7. The molecule has 1 fully saturated rings. The second-order valence-corrected chi connectivity index (χ2v) is 9.93. The zero-order valence-corrected chi connectivity index (χ0v) is 23.3. The van der Waals surface area contributed by atoms with E-state index >= 15 is 0 Å². The second-order valence-electron chi connectivity index (χ2n) is 9.93. The van der Waals surface area contributed by atoms with E-state index in [2.05, 4.69) is 15.6 Å². The summed E-state index contributed by atoms with van der Waals surface area (Å²) in [4.78, 5) is 29.9. The first-order chi connectivity index (χ1) is 20.6. The average Bonchev–Trinajstić information content (AvgIpc) is 3.80. The van der Waals surface area contributed by atoms with Gasteiger partial charge in [-0.3, -0.25) is 14.5 Å². The van der Waals surface area contributed by atoms with E-state index in [9.17, 15) is 9.59 Å². The Balaban J connectivity index is 1.43. The number of carbonyl (C=O) groups excluding carboxylic acids is 2. The summed E-state index contributed by atoms with van der Waals surface area (Å²) in [7, 11) is 3.05. The molecule has 2 atom stereocenters. The van der Waals surface area contributed by atoms with E-state index in [1.54, 1.807) is 36.4 Å². The van der Waals surface area contributed by atoms with Gasteiger partial charge in [-0.1, -0.05) is 23.4 Å². The summed E-state index contributed by atoms with van der Waals surface area (Å²) in [5.41, 5.74) is 2.32. The smallest absolute Gasteiger partial charge is 0.249 e. The van der Waals surface area contributed by atoms with Crippen molar-refractivity contribution in [1.29, 1.82) is 0 Å². The minimum absolute atomic E-state index is 0.0681. The van der Waals surface area contributed by atoms with Gasteiger partial charge < -0.3 is 29.0 Å². The van der Waals surface area contributed by atoms with Gasteiger partial charge in [-0.15, -0.1) is 5.10 Å². The summed E-state index contributed by atoms with van der Waals surface area (Å²) in [6.07, 6.45) is 1.70. The number of ether oxygens (including phenoxy) is 5. The molecule has 4 aromatic rings. The van der Waals surface area contributed by atoms with Gasteiger partial charge in [0.05, 0.1) is 25.8 Å². The maximum atomic E-state index is 14.3. The Kier molecular flexibility index (Phi) is 7.78. The van der Waals surface area contributed by atoms with Crippen LogP contribution in [0.5, 0.6) is 23.0 Å². The zero-order valence-electron chi connectivity index (χ0n) is 23.3. The number of benzene rings is 3. The lowest BCUT2D eigenvalue weighted by Crippen LogP contribution is -2.46. The molecule has 2 aliphatic heterocycles. The first-order valence-electron chi connectivity index (χ1n) is 13.7. The standard InChI is InChI=1S/C30H31N5O7/c1-38-24-11-9-19(14-26(24)39-2)29(30(37)31-16-21-6-5-13-40-21)35(20-10-12-25-27(15-20)42-18-41-25)28(36)17-34-23-8-4-3-7-22(23)32-33-34/h3-4,7-12,14-15,21,29H,5-6,13,16-18H2,1-2H3,(H,31,37)/t21-,29-/m1/s1. The number of anilines is 1. The molecule has 3 heterocycles. The fraction of sp³-hybridized carbons (Fsp3) is 0.333. The Labute approximate surface area is 242 Å². The van der Waals surface area contributed by atoms with Crippen LogP contribution in [-0.2, 0) is 20.9 Å². The molecule has 0 bridgehead atoms. The van der Waals surface area contributed by atoms with Crippen LogP contribution < -0.4 is 29.2 Å². The number of fused-ring (bicyclic) bond motifs is 2. The average molecular weight is 574 g/mol. The molecule has 0 radical (unpaired) electrons. The number of carbonyl (C=O) groups is 2. The molecule has 2 amide bonds. The molecule has 0 aliphatic carbocycles. The van der Waals surface area contributed by atoms with Crippen molar-refractivity contribution < 1.29 is 33.3 Å². The highest BCUT2D eigenvalue weighted by molar-refractivity contribution is 6.02. The van der Waals surface area contributed by atoms with Crippen LogP contribution >= 0.6 is 0 Å². The van der Waals surface area contributed by atoms with Crippen molar-refractivity contribution in [2.45, 2.75) is 31.5 Å². The quantitative estimate of drug-likeness (QED) is 0.304. The van der Waals surface area contributed by atoms with Crippen molar-refractivity contribution in [3.05, 3.63) is 66.2 Å². The number of aromatic nitrogens is 3. The summed E-state index contributed by atoms with van der Waals surface area (Å²) < 4.78 is 29.3. The van der Waals surface area contributed by atoms with Gasteiger partial charge in [0.15, 0.2) is 23.0 Å². The summed E-state index contributed by atoms with van der Waals surface area (Å²) in [6.45, 7) is 0.878. The first-order valence-corrected chi connectivity index (χ1v) is 13.7. The van der Waals surface area contributed by atoms with Gasteiger partial charge >= 0.3 is 0 Å². The van der Waals surface area contributed by atoms with E-state index in [0.29, 0.717) is 58.4 Å². The molecule has 6 rings (SSSR count). The monoisotopic (exact) mass is 573 g/mol. The molecule has 0 spiro atoms. The van der Waals surface area contributed by atoms with Gasteiger partial charge in [-0.05, 0) is 54.8 Å². The fourth-order valence-corrected chi connectivity index (χ4v) is 5.27. The molecule has 0 unspecified atom stereocenters. The minimum Gasteiger partial charge on any atom is -0.493 e. The predicted octanol–water partition coefficient (Wildman–Crippen LogP) is 3.25. The normalized spacial score (nSPS) is 16.3. The number of nitrogens with one attached hydrogen (secondary N) is 1. The van der Waals surface area contributed by atoms with Crippen molar-refractivity contribution in [2.75, 3.05) is 39.1 Å². The molecule has 218 valence electrons. The van der Waals surface area contributed by atoms with Gasteiger partial charge in [-0.2, -0.15) is 0 Å². The van der Waals surface area contributed by atoms with Crippen molar-refractivity contribution in [3.8, 4) is 23.0 Å². The summed E-state index contributed by atoms with van der Waals surface area (Å²) in [6, 6.07) is 16.6. The number of rotatable bonds is 10. The lowest BCUT2D eigenvalue weighted by atomic mass is 10.0. The fourth-order valence-electron chi connectivity index (χ4n) is 5.27. The van der Waals surface area contributed by atoms with Crippen LogP contribution in [0.25, 0.3) is 11.0 Å². The van der Waals surface area contributed by atoms with E-state index in [1.165, 1.54) is 23.8 Å². The van der Waals surface area contributed by atoms with Gasteiger partial charge in [0.1, 0.15) is 18.1 Å². The van der Waals surface area contributed by atoms with Crippen LogP contribution in [0.15, 0.2) is 60.7 Å². The molecule has 1 aromatic heterocycles. The van der Waals surface area contributed by atoms with Crippen molar-refractivity contribution in [1.82, 2.24) is 20.3 Å².